The zero-order chi connectivity index (χ0) is 29.6. The molecule has 4 aliphatic heterocycles. The molecule has 7 rings (SSSR count). The van der Waals surface area contributed by atoms with Gasteiger partial charge < -0.3 is 19.5 Å². The van der Waals surface area contributed by atoms with E-state index in [9.17, 15) is 9.59 Å². The summed E-state index contributed by atoms with van der Waals surface area (Å²) in [5.41, 5.74) is 5.65. The number of hydrazone groups is 1. The molecule has 2 bridgehead atoms. The van der Waals surface area contributed by atoms with Crippen molar-refractivity contribution in [3.05, 3.63) is 64.7 Å². The van der Waals surface area contributed by atoms with Crippen LogP contribution in [0.1, 0.15) is 73.5 Å². The number of nitrogens with zero attached hydrogens (tertiary/aromatic N) is 1. The molecule has 5 fully saturated rings. The number of benzene rings is 2. The Balaban J connectivity index is 1.08. The van der Waals surface area contributed by atoms with E-state index in [4.69, 9.17) is 24.0 Å². The van der Waals surface area contributed by atoms with Gasteiger partial charge in [0.05, 0.1) is 11.8 Å². The first-order chi connectivity index (χ1) is 20.1. The maximum atomic E-state index is 13.2. The fourth-order valence-corrected chi connectivity index (χ4v) is 7.26. The zero-order valence-corrected chi connectivity index (χ0v) is 24.7. The van der Waals surface area contributed by atoms with Gasteiger partial charge in [0.15, 0.2) is 11.9 Å². The van der Waals surface area contributed by atoms with Gasteiger partial charge in [-0.1, -0.05) is 32.0 Å². The van der Waals surface area contributed by atoms with Crippen LogP contribution in [0.2, 0.25) is 0 Å². The number of nitrogens with one attached hydrogen (secondary N) is 2. The van der Waals surface area contributed by atoms with Crippen molar-refractivity contribution in [3.8, 4) is 0 Å². The molecule has 2 amide bonds. The molecule has 2 N–H and O–H groups in total. The molecule has 10 heteroatoms. The number of urea groups is 1. The summed E-state index contributed by atoms with van der Waals surface area (Å²) < 4.78 is 18.6. The van der Waals surface area contributed by atoms with Crippen LogP contribution in [0.25, 0.3) is 0 Å². The molecule has 8 atom stereocenters. The molecule has 42 heavy (non-hydrogen) atoms. The summed E-state index contributed by atoms with van der Waals surface area (Å²) in [7, 11) is 0. The summed E-state index contributed by atoms with van der Waals surface area (Å²) in [5.74, 6) is -0.723. The molecule has 1 unspecified atom stereocenters. The van der Waals surface area contributed by atoms with E-state index in [-0.39, 0.29) is 17.8 Å². The van der Waals surface area contributed by atoms with Crippen LogP contribution in [0.4, 0.5) is 10.5 Å². The second-order valence-corrected chi connectivity index (χ2v) is 12.5. The van der Waals surface area contributed by atoms with Gasteiger partial charge in [0.25, 0.3) is 0 Å². The van der Waals surface area contributed by atoms with E-state index in [1.54, 1.807) is 24.3 Å². The van der Waals surface area contributed by atoms with Crippen LogP contribution in [0.15, 0.2) is 47.6 Å². The van der Waals surface area contributed by atoms with E-state index in [0.717, 1.165) is 36.8 Å². The summed E-state index contributed by atoms with van der Waals surface area (Å²) in [4.78, 5) is 37.4. The lowest BCUT2D eigenvalue weighted by Crippen LogP contribution is -2.70. The molecule has 5 aliphatic rings. The number of carbonyl (C=O) groups is 2. The quantitative estimate of drug-likeness (QED) is 0.199. The smallest absolute Gasteiger partial charge is 0.340 e. The maximum Gasteiger partial charge on any atom is 0.340 e. The van der Waals surface area contributed by atoms with Crippen molar-refractivity contribution in [2.45, 2.75) is 84.3 Å². The van der Waals surface area contributed by atoms with E-state index in [0.29, 0.717) is 22.7 Å². The number of fused-ring (bicyclic) bond motifs is 2. The molecule has 2 aromatic rings. The monoisotopic (exact) mass is 577 g/mol. The molecule has 1 aliphatic carbocycles. The van der Waals surface area contributed by atoms with Crippen LogP contribution < -0.4 is 10.7 Å². The first-order valence-corrected chi connectivity index (χ1v) is 14.8. The zero-order valence-electron chi connectivity index (χ0n) is 24.7. The first kappa shape index (κ1) is 28.8. The largest absolute Gasteiger partial charge is 0.432 e. The Morgan fingerprint density at radius 3 is 2.48 bits per heavy atom. The van der Waals surface area contributed by atoms with Crippen molar-refractivity contribution in [2.75, 3.05) is 5.32 Å². The Labute approximate surface area is 246 Å². The maximum absolute atomic E-state index is 13.2. The average Bonchev–Trinajstić information content (AvgIpc) is 3.17. The van der Waals surface area contributed by atoms with Gasteiger partial charge in [-0.25, -0.2) is 24.8 Å². The topological polar surface area (TPSA) is 117 Å². The molecule has 224 valence electrons. The highest BCUT2D eigenvalue weighted by molar-refractivity contribution is 5.92. The SMILES string of the molecule is Cc1cc(C)cc(NC(=O)N/N=C/c2ccc(C(=O)O[C@@H]3O[C@@H]4OC5(C)CC[C@H]6[C@H](C)CC[C@@H]([C@H]3C)[C@@]46OO5)cc2)c1. The predicted molar refractivity (Wildman–Crippen MR) is 154 cm³/mol. The third-order valence-electron chi connectivity index (χ3n) is 9.33. The Hall–Kier alpha value is -3.31. The first-order valence-electron chi connectivity index (χ1n) is 14.8. The van der Waals surface area contributed by atoms with Crippen molar-refractivity contribution in [3.63, 3.8) is 0 Å². The number of hydrogen-bond acceptors (Lipinski definition) is 8. The second-order valence-electron chi connectivity index (χ2n) is 12.5. The number of carbonyl (C=O) groups excluding carboxylic acids is 2. The van der Waals surface area contributed by atoms with Gasteiger partial charge in [-0.05, 0) is 92.8 Å². The fourth-order valence-electron chi connectivity index (χ4n) is 7.26. The minimum Gasteiger partial charge on any atom is -0.432 e. The van der Waals surface area contributed by atoms with Crippen molar-refractivity contribution in [1.82, 2.24) is 5.43 Å². The van der Waals surface area contributed by atoms with E-state index >= 15 is 0 Å². The molecular weight excluding hydrogens is 538 g/mol. The van der Waals surface area contributed by atoms with Gasteiger partial charge in [0, 0.05) is 23.9 Å². The molecule has 2 aromatic carbocycles. The molecule has 4 saturated heterocycles. The van der Waals surface area contributed by atoms with Crippen molar-refractivity contribution in [2.24, 2.45) is 28.8 Å². The lowest BCUT2D eigenvalue weighted by atomic mass is 9.58. The van der Waals surface area contributed by atoms with E-state index in [2.05, 4.69) is 22.8 Å². The predicted octanol–water partition coefficient (Wildman–Crippen LogP) is 5.82. The summed E-state index contributed by atoms with van der Waals surface area (Å²) in [6.45, 7) is 10.1. The summed E-state index contributed by atoms with van der Waals surface area (Å²) in [6, 6.07) is 12.1. The van der Waals surface area contributed by atoms with Gasteiger partial charge in [0.2, 0.25) is 12.1 Å². The van der Waals surface area contributed by atoms with Gasteiger partial charge in [-0.2, -0.15) is 5.10 Å². The number of aryl methyl sites for hydroxylation is 2. The van der Waals surface area contributed by atoms with Crippen LogP contribution in [-0.2, 0) is 24.0 Å². The summed E-state index contributed by atoms with van der Waals surface area (Å²) in [6.07, 6.45) is 3.69. The molecule has 10 nitrogen and oxygen atoms in total. The lowest BCUT2D eigenvalue weighted by Gasteiger charge is -2.59. The Kier molecular flexibility index (Phi) is 7.59. The second kappa shape index (κ2) is 11.1. The van der Waals surface area contributed by atoms with Crippen LogP contribution in [-0.4, -0.2) is 42.2 Å². The third kappa shape index (κ3) is 5.32. The Bertz CT molecular complexity index is 1360. The molecule has 1 saturated carbocycles. The summed E-state index contributed by atoms with van der Waals surface area (Å²) >= 11 is 0. The molecular formula is C32H39N3O7. The van der Waals surface area contributed by atoms with E-state index < -0.39 is 36.0 Å². The average molecular weight is 578 g/mol. The van der Waals surface area contributed by atoms with E-state index in [1.807, 2.05) is 45.9 Å². The highest BCUT2D eigenvalue weighted by Gasteiger charge is 2.69. The number of rotatable bonds is 5. The third-order valence-corrected chi connectivity index (χ3v) is 9.33. The van der Waals surface area contributed by atoms with Gasteiger partial charge >= 0.3 is 12.0 Å². The Morgan fingerprint density at radius 2 is 1.74 bits per heavy atom. The van der Waals surface area contributed by atoms with E-state index in [1.165, 1.54) is 6.21 Å². The highest BCUT2D eigenvalue weighted by Crippen LogP contribution is 2.60. The van der Waals surface area contributed by atoms with Gasteiger partial charge in [-0.15, -0.1) is 0 Å². The van der Waals surface area contributed by atoms with Crippen LogP contribution in [0.3, 0.4) is 0 Å². The van der Waals surface area contributed by atoms with Crippen LogP contribution in [0.5, 0.6) is 0 Å². The molecule has 1 spiro atoms. The number of esters is 1. The summed E-state index contributed by atoms with van der Waals surface area (Å²) in [5, 5.41) is 6.77. The lowest BCUT2D eigenvalue weighted by molar-refractivity contribution is -0.576. The number of ether oxygens (including phenoxy) is 3. The minimum atomic E-state index is -0.890. The minimum absolute atomic E-state index is 0.0659. The fraction of sp³-hybridized carbons (Fsp3) is 0.531. The number of hydrogen-bond donors (Lipinski definition) is 2. The van der Waals surface area contributed by atoms with Crippen LogP contribution in [0, 0.1) is 37.5 Å². The number of amides is 2. The molecule has 0 radical (unpaired) electrons. The van der Waals surface area contributed by atoms with Crippen molar-refractivity contribution in [1.29, 1.82) is 0 Å². The van der Waals surface area contributed by atoms with Gasteiger partial charge in [0.1, 0.15) is 0 Å². The van der Waals surface area contributed by atoms with Crippen molar-refractivity contribution >= 4 is 23.9 Å². The van der Waals surface area contributed by atoms with Crippen molar-refractivity contribution < 1.29 is 33.6 Å². The standard InChI is InChI=1S/C32H39N3O7/c1-18-14-19(2)16-24(15-18)34-30(37)35-33-17-22-7-9-23(10-8-22)27(36)38-28-21(4)26-11-6-20(3)25-12-13-31(5)40-29(39-28)32(25,26)42-41-31/h7-10,14-17,20-21,25-26,28-29H,6,11-13H2,1-5H3,(H2,34,35,37)/b33-17+/t20-,21-,25+,26+,28-,29-,31?,32-/m1/s1. The Morgan fingerprint density at radius 1 is 1.00 bits per heavy atom. The highest BCUT2D eigenvalue weighted by atomic mass is 17.3. The molecule has 4 heterocycles. The normalized spacial score (nSPS) is 35.3. The molecule has 0 aromatic heterocycles. The van der Waals surface area contributed by atoms with Crippen LogP contribution >= 0.6 is 0 Å². The van der Waals surface area contributed by atoms with Gasteiger partial charge in [-0.3, -0.25) is 0 Å². The number of anilines is 1.